The Morgan fingerprint density at radius 3 is 2.58 bits per heavy atom. The molecule has 0 bridgehead atoms. The minimum absolute atomic E-state index is 0.150. The Bertz CT molecular complexity index is 914. The first-order valence-electron chi connectivity index (χ1n) is 8.90. The van der Waals surface area contributed by atoms with E-state index in [1.165, 1.54) is 18.3 Å². The van der Waals surface area contributed by atoms with Gasteiger partial charge >= 0.3 is 11.9 Å². The number of aryl methyl sites for hydroxylation is 2. The van der Waals surface area contributed by atoms with Gasteiger partial charge < -0.3 is 9.47 Å². The first kappa shape index (κ1) is 18.6. The molecule has 26 heavy (non-hydrogen) atoms. The molecule has 1 atom stereocenters. The van der Waals surface area contributed by atoms with Gasteiger partial charge in [-0.3, -0.25) is 9.36 Å². The lowest BCUT2D eigenvalue weighted by atomic mass is 9.97. The van der Waals surface area contributed by atoms with Crippen molar-refractivity contribution in [2.45, 2.75) is 52.5 Å². The molecule has 0 aromatic carbocycles. The summed E-state index contributed by atoms with van der Waals surface area (Å²) in [5.74, 6) is -1.44. The van der Waals surface area contributed by atoms with E-state index in [-0.39, 0.29) is 24.6 Å². The molecule has 140 valence electrons. The maximum Gasteiger partial charge on any atom is 0.374 e. The number of carbonyl (C=O) groups excluding carboxylic acids is 2. The fourth-order valence-corrected chi connectivity index (χ4v) is 4.54. The minimum atomic E-state index is -0.960. The van der Waals surface area contributed by atoms with E-state index in [0.717, 1.165) is 40.7 Å². The van der Waals surface area contributed by atoms with Crippen LogP contribution in [0.3, 0.4) is 0 Å². The van der Waals surface area contributed by atoms with Crippen LogP contribution in [0.5, 0.6) is 0 Å². The number of ether oxygens (including phenoxy) is 2. The van der Waals surface area contributed by atoms with Gasteiger partial charge in [0.1, 0.15) is 10.9 Å². The number of carbonyl (C=O) groups is 2. The van der Waals surface area contributed by atoms with Crippen molar-refractivity contribution in [3.63, 3.8) is 0 Å². The molecule has 0 spiro atoms. The van der Waals surface area contributed by atoms with Crippen LogP contribution in [0.15, 0.2) is 4.79 Å². The van der Waals surface area contributed by atoms with Crippen LogP contribution in [0.2, 0.25) is 0 Å². The van der Waals surface area contributed by atoms with Crippen LogP contribution in [0.1, 0.15) is 60.7 Å². The molecule has 0 fully saturated rings. The first-order valence-corrected chi connectivity index (χ1v) is 9.71. The zero-order chi connectivity index (χ0) is 18.8. The third kappa shape index (κ3) is 3.13. The molecule has 8 heteroatoms. The van der Waals surface area contributed by atoms with E-state index < -0.39 is 18.0 Å². The van der Waals surface area contributed by atoms with Gasteiger partial charge in [0.15, 0.2) is 0 Å². The van der Waals surface area contributed by atoms with Crippen molar-refractivity contribution in [2.75, 3.05) is 13.2 Å². The fourth-order valence-electron chi connectivity index (χ4n) is 3.28. The maximum atomic E-state index is 13.3. The summed E-state index contributed by atoms with van der Waals surface area (Å²) in [5.41, 5.74) is 0.631. The van der Waals surface area contributed by atoms with E-state index >= 15 is 0 Å². The third-order valence-corrected chi connectivity index (χ3v) is 5.68. The number of fused-ring (bicyclic) bond motifs is 3. The number of esters is 2. The highest BCUT2D eigenvalue weighted by Gasteiger charge is 2.29. The molecular formula is C18H22N2O5S. The van der Waals surface area contributed by atoms with Gasteiger partial charge in [-0.15, -0.1) is 11.3 Å². The SMILES string of the molecule is CCOC(=O)c1nc2sc3c(c2c(=O)n1[C@H](C)C(=O)OCC)CCCC3. The quantitative estimate of drug-likeness (QED) is 0.743. The Morgan fingerprint density at radius 1 is 1.19 bits per heavy atom. The van der Waals surface area contributed by atoms with Gasteiger partial charge in [0.25, 0.3) is 5.56 Å². The molecule has 0 aliphatic heterocycles. The number of rotatable bonds is 5. The van der Waals surface area contributed by atoms with Gasteiger partial charge in [0.05, 0.1) is 18.6 Å². The van der Waals surface area contributed by atoms with Gasteiger partial charge in [-0.25, -0.2) is 14.6 Å². The van der Waals surface area contributed by atoms with Crippen LogP contribution < -0.4 is 5.56 Å². The Balaban J connectivity index is 2.25. The summed E-state index contributed by atoms with van der Waals surface area (Å²) >= 11 is 1.45. The van der Waals surface area contributed by atoms with Crippen molar-refractivity contribution in [1.29, 1.82) is 0 Å². The van der Waals surface area contributed by atoms with Crippen molar-refractivity contribution < 1.29 is 19.1 Å². The standard InChI is InChI=1S/C18H22N2O5S/c1-4-24-17(22)10(3)20-14(18(23)25-5-2)19-15-13(16(20)21)11-8-6-7-9-12(11)26-15/h10H,4-9H2,1-3H3/t10-/m1/s1. The molecule has 3 rings (SSSR count). The number of hydrogen-bond donors (Lipinski definition) is 0. The van der Waals surface area contributed by atoms with Crippen molar-refractivity contribution in [3.8, 4) is 0 Å². The largest absolute Gasteiger partial charge is 0.464 e. The average Bonchev–Trinajstić information content (AvgIpc) is 3.00. The summed E-state index contributed by atoms with van der Waals surface area (Å²) in [4.78, 5) is 44.0. The molecule has 0 saturated carbocycles. The van der Waals surface area contributed by atoms with Gasteiger partial charge in [-0.2, -0.15) is 0 Å². The predicted octanol–water partition coefficient (Wildman–Crippen LogP) is 2.64. The van der Waals surface area contributed by atoms with E-state index in [9.17, 15) is 14.4 Å². The fraction of sp³-hybridized carbons (Fsp3) is 0.556. The Kier molecular flexibility index (Phi) is 5.41. The summed E-state index contributed by atoms with van der Waals surface area (Å²) in [5, 5.41) is 0.522. The zero-order valence-electron chi connectivity index (χ0n) is 15.2. The normalized spacial score (nSPS) is 14.7. The Labute approximate surface area is 154 Å². The van der Waals surface area contributed by atoms with Crippen LogP contribution in [0.4, 0.5) is 0 Å². The van der Waals surface area contributed by atoms with Crippen molar-refractivity contribution >= 4 is 33.5 Å². The smallest absolute Gasteiger partial charge is 0.374 e. The summed E-state index contributed by atoms with van der Waals surface area (Å²) < 4.78 is 11.2. The molecule has 0 radical (unpaired) electrons. The van der Waals surface area contributed by atoms with E-state index in [4.69, 9.17) is 9.47 Å². The average molecular weight is 378 g/mol. The summed E-state index contributed by atoms with van der Waals surface area (Å²) in [6.45, 7) is 5.25. The molecule has 0 amide bonds. The third-order valence-electron chi connectivity index (χ3n) is 4.49. The van der Waals surface area contributed by atoms with Gasteiger partial charge in [0, 0.05) is 4.88 Å². The molecule has 7 nitrogen and oxygen atoms in total. The lowest BCUT2D eigenvalue weighted by molar-refractivity contribution is -0.146. The number of nitrogens with zero attached hydrogens (tertiary/aromatic N) is 2. The Hall–Kier alpha value is -2.22. The van der Waals surface area contributed by atoms with E-state index in [1.807, 2.05) is 0 Å². The first-order chi connectivity index (χ1) is 12.5. The van der Waals surface area contributed by atoms with E-state index in [0.29, 0.717) is 10.2 Å². The van der Waals surface area contributed by atoms with Gasteiger partial charge in [-0.1, -0.05) is 0 Å². The van der Waals surface area contributed by atoms with E-state index in [2.05, 4.69) is 4.98 Å². The maximum absolute atomic E-state index is 13.3. The predicted molar refractivity (Wildman–Crippen MR) is 97.8 cm³/mol. The molecule has 0 saturated heterocycles. The van der Waals surface area contributed by atoms with E-state index in [1.54, 1.807) is 13.8 Å². The second kappa shape index (κ2) is 7.57. The Morgan fingerprint density at radius 2 is 1.88 bits per heavy atom. The summed E-state index contributed by atoms with van der Waals surface area (Å²) in [6, 6.07) is -0.960. The lowest BCUT2D eigenvalue weighted by Crippen LogP contribution is -2.35. The van der Waals surface area contributed by atoms with Crippen molar-refractivity contribution in [1.82, 2.24) is 9.55 Å². The monoisotopic (exact) mass is 378 g/mol. The molecule has 0 unspecified atom stereocenters. The second-order valence-corrected chi connectivity index (χ2v) is 7.23. The van der Waals surface area contributed by atoms with Crippen LogP contribution in [-0.2, 0) is 27.1 Å². The van der Waals surface area contributed by atoms with Crippen LogP contribution >= 0.6 is 11.3 Å². The number of thiophene rings is 1. The minimum Gasteiger partial charge on any atom is -0.464 e. The molecule has 2 aromatic rings. The van der Waals surface area contributed by atoms with Crippen molar-refractivity contribution in [2.24, 2.45) is 0 Å². The molecule has 0 N–H and O–H groups in total. The highest BCUT2D eigenvalue weighted by molar-refractivity contribution is 7.18. The lowest BCUT2D eigenvalue weighted by Gasteiger charge is -2.17. The second-order valence-electron chi connectivity index (χ2n) is 6.15. The zero-order valence-corrected chi connectivity index (χ0v) is 16.0. The highest BCUT2D eigenvalue weighted by Crippen LogP contribution is 2.34. The number of hydrogen-bond acceptors (Lipinski definition) is 7. The molecule has 1 aliphatic rings. The number of aromatic nitrogens is 2. The summed E-state index contributed by atoms with van der Waals surface area (Å²) in [6.07, 6.45) is 3.83. The topological polar surface area (TPSA) is 87.5 Å². The van der Waals surface area contributed by atoms with Crippen LogP contribution in [0, 0.1) is 0 Å². The molecular weight excluding hydrogens is 356 g/mol. The molecule has 2 heterocycles. The van der Waals surface area contributed by atoms with Gasteiger partial charge in [0.2, 0.25) is 5.82 Å². The van der Waals surface area contributed by atoms with Crippen molar-refractivity contribution in [3.05, 3.63) is 26.6 Å². The molecule has 1 aliphatic carbocycles. The molecule has 2 aromatic heterocycles. The highest BCUT2D eigenvalue weighted by atomic mass is 32.1. The van der Waals surface area contributed by atoms with Crippen LogP contribution in [0.25, 0.3) is 10.2 Å². The van der Waals surface area contributed by atoms with Crippen LogP contribution in [-0.4, -0.2) is 34.7 Å². The van der Waals surface area contributed by atoms with Gasteiger partial charge in [-0.05, 0) is 52.0 Å². The summed E-state index contributed by atoms with van der Waals surface area (Å²) in [7, 11) is 0.